The minimum absolute atomic E-state index is 0.0271. The predicted molar refractivity (Wildman–Crippen MR) is 124 cm³/mol. The second-order valence-electron chi connectivity index (χ2n) is 7.23. The van der Waals surface area contributed by atoms with Crippen molar-refractivity contribution in [3.05, 3.63) is 65.2 Å². The highest BCUT2D eigenvalue weighted by Gasteiger charge is 2.21. The van der Waals surface area contributed by atoms with E-state index < -0.39 is 0 Å². The van der Waals surface area contributed by atoms with Crippen LogP contribution in [0.3, 0.4) is 0 Å². The first-order valence-corrected chi connectivity index (χ1v) is 11.4. The average molecular weight is 478 g/mol. The highest BCUT2D eigenvalue weighted by atomic mass is 35.5. The fourth-order valence-corrected chi connectivity index (χ4v) is 3.70. The lowest BCUT2D eigenvalue weighted by Crippen LogP contribution is -2.29. The zero-order chi connectivity index (χ0) is 23.1. The number of aromatic nitrogens is 3. The molecule has 1 N–H and O–H groups in total. The molecule has 1 heterocycles. The first-order valence-electron chi connectivity index (χ1n) is 10.0. The van der Waals surface area contributed by atoms with Crippen LogP contribution in [0.2, 0.25) is 5.02 Å². The van der Waals surface area contributed by atoms with Crippen molar-refractivity contribution in [3.63, 3.8) is 0 Å². The number of hydrogen-bond donors (Lipinski definition) is 1. The van der Waals surface area contributed by atoms with Crippen LogP contribution < -0.4 is 10.1 Å². The summed E-state index contributed by atoms with van der Waals surface area (Å²) in [6.07, 6.45) is 0. The number of carbonyl (C=O) groups is 1. The third-order valence-corrected chi connectivity index (χ3v) is 5.91. The number of hydrogen-bond acceptors (Lipinski definition) is 6. The van der Waals surface area contributed by atoms with Gasteiger partial charge in [-0.2, -0.15) is 0 Å². The van der Waals surface area contributed by atoms with Gasteiger partial charge in [0.15, 0.2) is 11.0 Å². The SMILES string of the molecule is C[C@H](c1nnc(SCC(=O)NCCOc2ccc(Cl)cc2)n1-c1ccc(F)cc1)N(C)C. The van der Waals surface area contributed by atoms with Gasteiger partial charge in [0.05, 0.1) is 18.3 Å². The minimum Gasteiger partial charge on any atom is -0.492 e. The molecule has 1 aromatic heterocycles. The van der Waals surface area contributed by atoms with Crippen LogP contribution in [0.25, 0.3) is 5.69 Å². The van der Waals surface area contributed by atoms with Crippen LogP contribution in [0.15, 0.2) is 53.7 Å². The fourth-order valence-electron chi connectivity index (χ4n) is 2.78. The van der Waals surface area contributed by atoms with Crippen LogP contribution in [-0.4, -0.2) is 58.6 Å². The molecule has 1 atom stereocenters. The molecule has 0 saturated carbocycles. The van der Waals surface area contributed by atoms with Gasteiger partial charge in [-0.25, -0.2) is 4.39 Å². The Balaban J connectivity index is 1.59. The maximum atomic E-state index is 13.4. The zero-order valence-electron chi connectivity index (χ0n) is 18.1. The average Bonchev–Trinajstić information content (AvgIpc) is 3.20. The molecule has 170 valence electrons. The fraction of sp³-hybridized carbons (Fsp3) is 0.318. The number of benzene rings is 2. The van der Waals surface area contributed by atoms with Crippen LogP contribution in [0.5, 0.6) is 5.75 Å². The van der Waals surface area contributed by atoms with Gasteiger partial charge in [0.2, 0.25) is 5.91 Å². The number of nitrogens with zero attached hydrogens (tertiary/aromatic N) is 4. The maximum Gasteiger partial charge on any atom is 0.230 e. The summed E-state index contributed by atoms with van der Waals surface area (Å²) in [5.74, 6) is 1.09. The molecule has 0 spiro atoms. The molecule has 0 unspecified atom stereocenters. The van der Waals surface area contributed by atoms with Gasteiger partial charge in [-0.05, 0) is 69.6 Å². The molecule has 10 heteroatoms. The number of carbonyl (C=O) groups excluding carboxylic acids is 1. The lowest BCUT2D eigenvalue weighted by atomic mass is 10.2. The molecule has 32 heavy (non-hydrogen) atoms. The van der Waals surface area contributed by atoms with Gasteiger partial charge in [-0.1, -0.05) is 23.4 Å². The Morgan fingerprint density at radius 2 is 1.88 bits per heavy atom. The molecule has 3 aromatic rings. The third kappa shape index (κ3) is 6.44. The second kappa shape index (κ2) is 11.3. The van der Waals surface area contributed by atoms with E-state index in [1.165, 1.54) is 23.9 Å². The van der Waals surface area contributed by atoms with Crippen LogP contribution in [0, 0.1) is 5.82 Å². The molecule has 0 aliphatic carbocycles. The summed E-state index contributed by atoms with van der Waals surface area (Å²) >= 11 is 7.12. The Hall–Kier alpha value is -2.62. The Labute approximate surface area is 195 Å². The van der Waals surface area contributed by atoms with Crippen molar-refractivity contribution in [1.82, 2.24) is 25.0 Å². The van der Waals surface area contributed by atoms with Gasteiger partial charge in [0.25, 0.3) is 0 Å². The molecule has 0 fully saturated rings. The van der Waals surface area contributed by atoms with Gasteiger partial charge < -0.3 is 10.1 Å². The van der Waals surface area contributed by atoms with Crippen molar-refractivity contribution in [1.29, 1.82) is 0 Å². The van der Waals surface area contributed by atoms with Gasteiger partial charge in [-0.15, -0.1) is 10.2 Å². The lowest BCUT2D eigenvalue weighted by Gasteiger charge is -2.20. The molecule has 0 saturated heterocycles. The Morgan fingerprint density at radius 3 is 2.53 bits per heavy atom. The minimum atomic E-state index is -0.321. The van der Waals surface area contributed by atoms with E-state index in [1.807, 2.05) is 30.5 Å². The molecule has 0 aliphatic heterocycles. The molecule has 7 nitrogen and oxygen atoms in total. The van der Waals surface area contributed by atoms with Gasteiger partial charge in [0, 0.05) is 10.7 Å². The quantitative estimate of drug-likeness (QED) is 0.352. The van der Waals surface area contributed by atoms with Crippen molar-refractivity contribution in [2.45, 2.75) is 18.1 Å². The van der Waals surface area contributed by atoms with E-state index in [0.717, 1.165) is 5.69 Å². The van der Waals surface area contributed by atoms with E-state index in [-0.39, 0.29) is 23.5 Å². The van der Waals surface area contributed by atoms with Crippen molar-refractivity contribution in [3.8, 4) is 11.4 Å². The zero-order valence-corrected chi connectivity index (χ0v) is 19.7. The van der Waals surface area contributed by atoms with Crippen molar-refractivity contribution < 1.29 is 13.9 Å². The summed E-state index contributed by atoms with van der Waals surface area (Å²) in [6, 6.07) is 13.1. The third-order valence-electron chi connectivity index (χ3n) is 4.73. The van der Waals surface area contributed by atoms with Crippen molar-refractivity contribution >= 4 is 29.3 Å². The molecule has 0 aliphatic rings. The number of nitrogens with one attached hydrogen (secondary N) is 1. The predicted octanol–water partition coefficient (Wildman–Crippen LogP) is 3.97. The Morgan fingerprint density at radius 1 is 1.19 bits per heavy atom. The molecular weight excluding hydrogens is 453 g/mol. The number of rotatable bonds is 10. The van der Waals surface area contributed by atoms with Gasteiger partial charge in [-0.3, -0.25) is 14.3 Å². The summed E-state index contributed by atoms with van der Waals surface area (Å²) in [7, 11) is 3.89. The van der Waals surface area contributed by atoms with E-state index in [0.29, 0.717) is 34.9 Å². The van der Waals surface area contributed by atoms with E-state index in [4.69, 9.17) is 16.3 Å². The Bertz CT molecular complexity index is 1030. The molecule has 0 bridgehead atoms. The highest BCUT2D eigenvalue weighted by molar-refractivity contribution is 7.99. The van der Waals surface area contributed by atoms with E-state index in [1.54, 1.807) is 36.4 Å². The molecular formula is C22H25ClFN5O2S. The van der Waals surface area contributed by atoms with Crippen molar-refractivity contribution in [2.24, 2.45) is 0 Å². The molecule has 0 radical (unpaired) electrons. The number of ether oxygens (including phenoxy) is 1. The molecule has 2 aromatic carbocycles. The standard InChI is InChI=1S/C22H25ClFN5O2S/c1-15(28(2)3)21-26-27-22(29(21)18-8-6-17(24)7-9-18)32-14-20(30)25-12-13-31-19-10-4-16(23)5-11-19/h4-11,15H,12-14H2,1-3H3,(H,25,30)/t15-/m1/s1. The summed E-state index contributed by atoms with van der Waals surface area (Å²) < 4.78 is 20.8. The van der Waals surface area contributed by atoms with Crippen LogP contribution >= 0.6 is 23.4 Å². The normalized spacial score (nSPS) is 12.1. The summed E-state index contributed by atoms with van der Waals surface area (Å²) in [5, 5.41) is 12.6. The van der Waals surface area contributed by atoms with Crippen LogP contribution in [0.1, 0.15) is 18.8 Å². The lowest BCUT2D eigenvalue weighted by molar-refractivity contribution is -0.118. The maximum absolute atomic E-state index is 13.4. The van der Waals surface area contributed by atoms with Gasteiger partial charge >= 0.3 is 0 Å². The highest BCUT2D eigenvalue weighted by Crippen LogP contribution is 2.26. The van der Waals surface area contributed by atoms with Crippen LogP contribution in [0.4, 0.5) is 4.39 Å². The summed E-state index contributed by atoms with van der Waals surface area (Å²) in [6.45, 7) is 2.72. The first-order chi connectivity index (χ1) is 15.3. The summed E-state index contributed by atoms with van der Waals surface area (Å²) in [5.41, 5.74) is 0.736. The van der Waals surface area contributed by atoms with Gasteiger partial charge in [0.1, 0.15) is 18.2 Å². The van der Waals surface area contributed by atoms with E-state index in [9.17, 15) is 9.18 Å². The number of thioether (sulfide) groups is 1. The smallest absolute Gasteiger partial charge is 0.230 e. The Kier molecular flexibility index (Phi) is 8.49. The number of amides is 1. The van der Waals surface area contributed by atoms with Crippen LogP contribution in [-0.2, 0) is 4.79 Å². The topological polar surface area (TPSA) is 72.3 Å². The largest absolute Gasteiger partial charge is 0.492 e. The summed E-state index contributed by atoms with van der Waals surface area (Å²) in [4.78, 5) is 14.3. The van der Waals surface area contributed by atoms with Crippen molar-refractivity contribution in [2.75, 3.05) is 33.0 Å². The first kappa shape index (κ1) is 24.0. The van der Waals surface area contributed by atoms with E-state index >= 15 is 0 Å². The number of halogens is 2. The monoisotopic (exact) mass is 477 g/mol. The molecule has 3 rings (SSSR count). The molecule has 1 amide bonds. The van der Waals surface area contributed by atoms with E-state index in [2.05, 4.69) is 15.5 Å². The second-order valence-corrected chi connectivity index (χ2v) is 8.61.